The first kappa shape index (κ1) is 20.0. The molecule has 0 radical (unpaired) electrons. The highest BCUT2D eigenvalue weighted by atomic mass is 16.6. The Bertz CT molecular complexity index is 552. The highest BCUT2D eigenvalue weighted by Gasteiger charge is 2.43. The van der Waals surface area contributed by atoms with Gasteiger partial charge >= 0.3 is 12.1 Å². The van der Waals surface area contributed by atoms with Gasteiger partial charge in [-0.25, -0.2) is 9.59 Å². The fourth-order valence-corrected chi connectivity index (χ4v) is 1.99. The van der Waals surface area contributed by atoms with Crippen LogP contribution in [0.3, 0.4) is 0 Å². The molecular weight excluding hydrogens is 310 g/mol. The molecule has 0 saturated carbocycles. The maximum Gasteiger partial charge on any atom is 0.411 e. The summed E-state index contributed by atoms with van der Waals surface area (Å²) in [4.78, 5) is 25.8. The molecule has 0 aliphatic heterocycles. The van der Waals surface area contributed by atoms with Crippen molar-refractivity contribution >= 4 is 12.1 Å². The van der Waals surface area contributed by atoms with E-state index in [4.69, 9.17) is 14.2 Å². The number of carbonyl (C=O) groups excluding carboxylic acids is 2. The van der Waals surface area contributed by atoms with Crippen LogP contribution < -0.4 is 0 Å². The van der Waals surface area contributed by atoms with Gasteiger partial charge in [0, 0.05) is 7.05 Å². The minimum atomic E-state index is -1.29. The Balaban J connectivity index is 2.81. The number of nitrogens with zero attached hydrogens (tertiary/aromatic N) is 1. The first-order valence-corrected chi connectivity index (χ1v) is 7.77. The maximum atomic E-state index is 12.3. The van der Waals surface area contributed by atoms with Crippen LogP contribution in [0.5, 0.6) is 0 Å². The molecule has 1 aromatic carbocycles. The van der Waals surface area contributed by atoms with E-state index >= 15 is 0 Å². The molecule has 24 heavy (non-hydrogen) atoms. The number of ether oxygens (including phenoxy) is 3. The molecule has 0 heterocycles. The molecule has 0 aromatic heterocycles. The van der Waals surface area contributed by atoms with Crippen LogP contribution in [0.25, 0.3) is 0 Å². The zero-order valence-corrected chi connectivity index (χ0v) is 15.3. The Morgan fingerprint density at radius 1 is 1.08 bits per heavy atom. The standard InChI is InChI=1S/C18H27NO5/c1-17(2,3)24-16(21)19(5)18(4,15(20)22-6)13-23-12-14-10-8-7-9-11-14/h7-11H,12-13H2,1-6H3. The molecular formula is C18H27NO5. The Hall–Kier alpha value is -2.08. The zero-order chi connectivity index (χ0) is 18.4. The minimum Gasteiger partial charge on any atom is -0.467 e. The third kappa shape index (κ3) is 5.53. The van der Waals surface area contributed by atoms with Gasteiger partial charge in [0.15, 0.2) is 5.54 Å². The molecule has 6 heteroatoms. The van der Waals surface area contributed by atoms with Crippen molar-refractivity contribution in [3.63, 3.8) is 0 Å². The monoisotopic (exact) mass is 337 g/mol. The number of carbonyl (C=O) groups is 2. The van der Waals surface area contributed by atoms with Gasteiger partial charge < -0.3 is 14.2 Å². The Kier molecular flexibility index (Phi) is 6.78. The van der Waals surface area contributed by atoms with E-state index in [0.717, 1.165) is 5.56 Å². The van der Waals surface area contributed by atoms with Gasteiger partial charge in [-0.2, -0.15) is 0 Å². The summed E-state index contributed by atoms with van der Waals surface area (Å²) in [6.07, 6.45) is -0.612. The van der Waals surface area contributed by atoms with Gasteiger partial charge in [0.2, 0.25) is 0 Å². The second-order valence-corrected chi connectivity index (χ2v) is 6.78. The van der Waals surface area contributed by atoms with Crippen LogP contribution in [0.1, 0.15) is 33.3 Å². The van der Waals surface area contributed by atoms with Crippen molar-refractivity contribution in [2.75, 3.05) is 20.8 Å². The van der Waals surface area contributed by atoms with Gasteiger partial charge in [0.25, 0.3) is 0 Å². The molecule has 0 aliphatic carbocycles. The summed E-state index contributed by atoms with van der Waals surface area (Å²) < 4.78 is 15.8. The lowest BCUT2D eigenvalue weighted by atomic mass is 10.0. The molecule has 1 atom stereocenters. The van der Waals surface area contributed by atoms with Gasteiger partial charge in [0.05, 0.1) is 20.3 Å². The third-order valence-electron chi connectivity index (χ3n) is 3.53. The Morgan fingerprint density at radius 3 is 2.17 bits per heavy atom. The second kappa shape index (κ2) is 8.15. The van der Waals surface area contributed by atoms with E-state index < -0.39 is 23.2 Å². The number of hydrogen-bond donors (Lipinski definition) is 0. The van der Waals surface area contributed by atoms with E-state index in [1.54, 1.807) is 27.7 Å². The van der Waals surface area contributed by atoms with Crippen LogP contribution in [-0.4, -0.2) is 48.9 Å². The number of esters is 1. The van der Waals surface area contributed by atoms with Crippen LogP contribution in [0.2, 0.25) is 0 Å². The van der Waals surface area contributed by atoms with Crippen molar-refractivity contribution in [3.8, 4) is 0 Å². The first-order valence-electron chi connectivity index (χ1n) is 7.77. The lowest BCUT2D eigenvalue weighted by molar-refractivity contribution is -0.157. The van der Waals surface area contributed by atoms with E-state index in [1.807, 2.05) is 30.3 Å². The summed E-state index contributed by atoms with van der Waals surface area (Å²) in [5.41, 5.74) is -0.969. The van der Waals surface area contributed by atoms with Crippen LogP contribution in [0.15, 0.2) is 30.3 Å². The molecule has 6 nitrogen and oxygen atoms in total. The Labute approximate surface area is 143 Å². The number of rotatable bonds is 6. The van der Waals surface area contributed by atoms with Crippen LogP contribution >= 0.6 is 0 Å². The molecule has 1 unspecified atom stereocenters. The number of methoxy groups -OCH3 is 1. The van der Waals surface area contributed by atoms with Crippen LogP contribution in [0, 0.1) is 0 Å². The lowest BCUT2D eigenvalue weighted by Crippen LogP contribution is -2.57. The molecule has 1 aromatic rings. The number of benzene rings is 1. The molecule has 0 fully saturated rings. The van der Waals surface area contributed by atoms with Crippen molar-refractivity contribution in [1.29, 1.82) is 0 Å². The van der Waals surface area contributed by atoms with E-state index in [1.165, 1.54) is 19.1 Å². The summed E-state index contributed by atoms with van der Waals surface area (Å²) in [5, 5.41) is 0. The zero-order valence-electron chi connectivity index (χ0n) is 15.3. The van der Waals surface area contributed by atoms with Gasteiger partial charge in [-0.1, -0.05) is 30.3 Å². The van der Waals surface area contributed by atoms with Gasteiger partial charge in [-0.15, -0.1) is 0 Å². The molecule has 0 aliphatic rings. The van der Waals surface area contributed by atoms with Gasteiger partial charge in [-0.3, -0.25) is 4.90 Å². The predicted octanol–water partition coefficient (Wildman–Crippen LogP) is 3.00. The summed E-state index contributed by atoms with van der Waals surface area (Å²) in [6.45, 7) is 7.20. The Morgan fingerprint density at radius 2 is 1.67 bits per heavy atom. The largest absolute Gasteiger partial charge is 0.467 e. The molecule has 0 spiro atoms. The molecule has 0 bridgehead atoms. The van der Waals surface area contributed by atoms with Crippen molar-refractivity contribution in [2.24, 2.45) is 0 Å². The van der Waals surface area contributed by atoms with E-state index in [0.29, 0.717) is 6.61 Å². The lowest BCUT2D eigenvalue weighted by Gasteiger charge is -2.36. The number of amides is 1. The summed E-state index contributed by atoms with van der Waals surface area (Å²) in [5.74, 6) is -0.566. The van der Waals surface area contributed by atoms with Crippen molar-refractivity contribution in [3.05, 3.63) is 35.9 Å². The molecule has 1 amide bonds. The van der Waals surface area contributed by atoms with E-state index in [2.05, 4.69) is 0 Å². The molecule has 134 valence electrons. The van der Waals surface area contributed by atoms with E-state index in [-0.39, 0.29) is 6.61 Å². The highest BCUT2D eigenvalue weighted by molar-refractivity contribution is 5.85. The average molecular weight is 337 g/mol. The van der Waals surface area contributed by atoms with Crippen LogP contribution in [0.4, 0.5) is 4.79 Å². The van der Waals surface area contributed by atoms with Crippen molar-refractivity contribution in [2.45, 2.75) is 45.4 Å². The summed E-state index contributed by atoms with van der Waals surface area (Å²) in [7, 11) is 2.78. The fourth-order valence-electron chi connectivity index (χ4n) is 1.99. The van der Waals surface area contributed by atoms with Gasteiger partial charge in [-0.05, 0) is 33.3 Å². The molecule has 0 saturated heterocycles. The maximum absolute atomic E-state index is 12.3. The fraction of sp³-hybridized carbons (Fsp3) is 0.556. The SMILES string of the molecule is COC(=O)C(C)(COCc1ccccc1)N(C)C(=O)OC(C)(C)C. The second-order valence-electron chi connectivity index (χ2n) is 6.78. The summed E-state index contributed by atoms with van der Waals surface area (Å²) >= 11 is 0. The van der Waals surface area contributed by atoms with Gasteiger partial charge in [0.1, 0.15) is 5.60 Å². The number of hydrogen-bond acceptors (Lipinski definition) is 5. The predicted molar refractivity (Wildman–Crippen MR) is 90.5 cm³/mol. The average Bonchev–Trinajstić information content (AvgIpc) is 2.52. The smallest absolute Gasteiger partial charge is 0.411 e. The molecule has 1 rings (SSSR count). The number of likely N-dealkylation sites (N-methyl/N-ethyl adjacent to an activating group) is 1. The van der Waals surface area contributed by atoms with Crippen LogP contribution in [-0.2, 0) is 25.6 Å². The normalized spacial score (nSPS) is 13.8. The topological polar surface area (TPSA) is 65.1 Å². The summed E-state index contributed by atoms with van der Waals surface area (Å²) in [6, 6.07) is 9.58. The quantitative estimate of drug-likeness (QED) is 0.747. The minimum absolute atomic E-state index is 0.00961. The molecule has 0 N–H and O–H groups in total. The highest BCUT2D eigenvalue weighted by Crippen LogP contribution is 2.20. The third-order valence-corrected chi connectivity index (χ3v) is 3.53. The first-order chi connectivity index (χ1) is 11.1. The van der Waals surface area contributed by atoms with Crippen molar-refractivity contribution < 1.29 is 23.8 Å². The van der Waals surface area contributed by atoms with Crippen molar-refractivity contribution in [1.82, 2.24) is 4.90 Å². The van der Waals surface area contributed by atoms with E-state index in [9.17, 15) is 9.59 Å².